The number of rotatable bonds is 6. The van der Waals surface area contributed by atoms with E-state index in [1.54, 1.807) is 21.0 Å². The molecule has 1 aliphatic rings. The van der Waals surface area contributed by atoms with Crippen LogP contribution in [0.15, 0.2) is 18.2 Å². The maximum atomic E-state index is 12.2. The molecular weight excluding hydrogens is 318 g/mol. The third kappa shape index (κ3) is 4.16. The van der Waals surface area contributed by atoms with Gasteiger partial charge in [0.15, 0.2) is 21.3 Å². The Hall–Kier alpha value is -1.76. The molecule has 0 fully saturated rings. The van der Waals surface area contributed by atoms with Crippen LogP contribution in [0.25, 0.3) is 0 Å². The highest BCUT2D eigenvalue weighted by Crippen LogP contribution is 2.35. The second kappa shape index (κ2) is 7.21. The van der Waals surface area contributed by atoms with E-state index in [9.17, 15) is 13.2 Å². The predicted molar refractivity (Wildman–Crippen MR) is 87.6 cm³/mol. The van der Waals surface area contributed by atoms with Gasteiger partial charge in [0.05, 0.1) is 24.0 Å². The average molecular weight is 341 g/mol. The van der Waals surface area contributed by atoms with Gasteiger partial charge < -0.3 is 14.8 Å². The molecule has 0 aliphatic carbocycles. The largest absolute Gasteiger partial charge is 0.493 e. The molecule has 0 saturated carbocycles. The Labute approximate surface area is 137 Å². The quantitative estimate of drug-likeness (QED) is 0.840. The zero-order chi connectivity index (χ0) is 17.0. The summed E-state index contributed by atoms with van der Waals surface area (Å²) in [6, 6.07) is 5.58. The second-order valence-corrected chi connectivity index (χ2v) is 8.54. The number of carbonyl (C=O) groups is 1. The SMILES string of the molecule is COc1cccc2c1OC[C@H](C(=O)NCCS(=O)(=O)C(C)C)C2. The highest BCUT2D eigenvalue weighted by Gasteiger charge is 2.28. The van der Waals surface area contributed by atoms with E-state index in [1.807, 2.05) is 18.2 Å². The minimum atomic E-state index is -3.14. The number of sulfone groups is 1. The molecule has 1 aliphatic heterocycles. The van der Waals surface area contributed by atoms with E-state index in [1.165, 1.54) is 0 Å². The molecule has 1 N–H and O–H groups in total. The van der Waals surface area contributed by atoms with Gasteiger partial charge in [0.25, 0.3) is 0 Å². The molecule has 0 saturated heterocycles. The summed E-state index contributed by atoms with van der Waals surface area (Å²) >= 11 is 0. The zero-order valence-electron chi connectivity index (χ0n) is 13.7. The van der Waals surface area contributed by atoms with Crippen molar-refractivity contribution in [3.8, 4) is 11.5 Å². The lowest BCUT2D eigenvalue weighted by Crippen LogP contribution is -2.39. The lowest BCUT2D eigenvalue weighted by molar-refractivity contribution is -0.126. The van der Waals surface area contributed by atoms with Crippen LogP contribution < -0.4 is 14.8 Å². The lowest BCUT2D eigenvalue weighted by Gasteiger charge is -2.25. The van der Waals surface area contributed by atoms with E-state index in [-0.39, 0.29) is 30.7 Å². The summed E-state index contributed by atoms with van der Waals surface area (Å²) in [5.74, 6) is 0.786. The normalized spacial score (nSPS) is 17.3. The van der Waals surface area contributed by atoms with Gasteiger partial charge in [0.1, 0.15) is 6.61 Å². The average Bonchev–Trinajstić information content (AvgIpc) is 2.53. The van der Waals surface area contributed by atoms with Crippen molar-refractivity contribution in [3.63, 3.8) is 0 Å². The fourth-order valence-electron chi connectivity index (χ4n) is 2.42. The molecule has 0 unspecified atom stereocenters. The highest BCUT2D eigenvalue weighted by atomic mass is 32.2. The molecule has 7 heteroatoms. The third-order valence-electron chi connectivity index (χ3n) is 3.95. The van der Waals surface area contributed by atoms with Gasteiger partial charge >= 0.3 is 0 Å². The van der Waals surface area contributed by atoms with Gasteiger partial charge in [-0.3, -0.25) is 4.79 Å². The molecular formula is C16H23NO5S. The Morgan fingerprint density at radius 2 is 2.17 bits per heavy atom. The summed E-state index contributed by atoms with van der Waals surface area (Å²) in [7, 11) is -1.57. The highest BCUT2D eigenvalue weighted by molar-refractivity contribution is 7.92. The molecule has 1 atom stereocenters. The Kier molecular flexibility index (Phi) is 5.51. The lowest BCUT2D eigenvalue weighted by atomic mass is 9.95. The number of para-hydroxylation sites is 1. The molecule has 1 aromatic carbocycles. The molecule has 128 valence electrons. The summed E-state index contributed by atoms with van der Waals surface area (Å²) in [6.07, 6.45) is 0.551. The van der Waals surface area contributed by atoms with Gasteiger partial charge in [-0.25, -0.2) is 8.42 Å². The van der Waals surface area contributed by atoms with Crippen LogP contribution in [0.4, 0.5) is 0 Å². The molecule has 0 spiro atoms. The number of nitrogens with one attached hydrogen (secondary N) is 1. The number of amides is 1. The molecule has 6 nitrogen and oxygen atoms in total. The van der Waals surface area contributed by atoms with E-state index in [0.29, 0.717) is 17.9 Å². The maximum Gasteiger partial charge on any atom is 0.226 e. The minimum Gasteiger partial charge on any atom is -0.493 e. The number of carbonyl (C=O) groups excluding carboxylic acids is 1. The molecule has 1 amide bonds. The van der Waals surface area contributed by atoms with Crippen molar-refractivity contribution in [1.82, 2.24) is 5.32 Å². The monoisotopic (exact) mass is 341 g/mol. The van der Waals surface area contributed by atoms with Gasteiger partial charge in [-0.15, -0.1) is 0 Å². The van der Waals surface area contributed by atoms with Crippen molar-refractivity contribution in [2.45, 2.75) is 25.5 Å². The Morgan fingerprint density at radius 1 is 1.43 bits per heavy atom. The van der Waals surface area contributed by atoms with Gasteiger partial charge in [0.2, 0.25) is 5.91 Å². The van der Waals surface area contributed by atoms with Crippen LogP contribution in [0, 0.1) is 5.92 Å². The van der Waals surface area contributed by atoms with Crippen LogP contribution in [-0.4, -0.2) is 45.6 Å². The molecule has 0 aromatic heterocycles. The van der Waals surface area contributed by atoms with E-state index >= 15 is 0 Å². The first kappa shape index (κ1) is 17.6. The zero-order valence-corrected chi connectivity index (χ0v) is 14.5. The Bertz CT molecular complexity index is 669. The third-order valence-corrected chi connectivity index (χ3v) is 6.16. The number of fused-ring (bicyclic) bond motifs is 1. The summed E-state index contributed by atoms with van der Waals surface area (Å²) in [5.41, 5.74) is 0.922. The van der Waals surface area contributed by atoms with Crippen molar-refractivity contribution in [3.05, 3.63) is 23.8 Å². The van der Waals surface area contributed by atoms with Crippen LogP contribution in [0.1, 0.15) is 19.4 Å². The van der Waals surface area contributed by atoms with Crippen LogP contribution in [0.3, 0.4) is 0 Å². The summed E-state index contributed by atoms with van der Waals surface area (Å²) < 4.78 is 34.4. The first-order chi connectivity index (χ1) is 10.8. The number of methoxy groups -OCH3 is 1. The topological polar surface area (TPSA) is 81.7 Å². The summed E-state index contributed by atoms with van der Waals surface area (Å²) in [5, 5.41) is 2.26. The van der Waals surface area contributed by atoms with Crippen molar-refractivity contribution in [2.75, 3.05) is 26.0 Å². The molecule has 0 radical (unpaired) electrons. The maximum absolute atomic E-state index is 12.2. The number of benzene rings is 1. The van der Waals surface area contributed by atoms with Crippen LogP contribution >= 0.6 is 0 Å². The van der Waals surface area contributed by atoms with Crippen LogP contribution in [-0.2, 0) is 21.1 Å². The number of hydrogen-bond acceptors (Lipinski definition) is 5. The standard InChI is InChI=1S/C16H23NO5S/c1-11(2)23(19,20)8-7-17-16(18)13-9-12-5-4-6-14(21-3)15(12)22-10-13/h4-6,11,13H,7-10H2,1-3H3,(H,17,18)/t13-/m1/s1. The molecule has 1 aromatic rings. The minimum absolute atomic E-state index is 0.0472. The van der Waals surface area contributed by atoms with E-state index < -0.39 is 15.1 Å². The molecule has 2 rings (SSSR count). The predicted octanol–water partition coefficient (Wildman–Crippen LogP) is 1.19. The van der Waals surface area contributed by atoms with Crippen molar-refractivity contribution in [1.29, 1.82) is 0 Å². The van der Waals surface area contributed by atoms with Crippen molar-refractivity contribution in [2.24, 2.45) is 5.92 Å². The Morgan fingerprint density at radius 3 is 2.83 bits per heavy atom. The molecule has 0 bridgehead atoms. The van der Waals surface area contributed by atoms with Gasteiger partial charge in [-0.2, -0.15) is 0 Å². The van der Waals surface area contributed by atoms with E-state index in [2.05, 4.69) is 5.32 Å². The van der Waals surface area contributed by atoms with Crippen LogP contribution in [0.5, 0.6) is 11.5 Å². The summed E-state index contributed by atoms with van der Waals surface area (Å²) in [6.45, 7) is 3.66. The first-order valence-electron chi connectivity index (χ1n) is 7.63. The number of ether oxygens (including phenoxy) is 2. The van der Waals surface area contributed by atoms with E-state index in [4.69, 9.17) is 9.47 Å². The first-order valence-corrected chi connectivity index (χ1v) is 9.34. The smallest absolute Gasteiger partial charge is 0.226 e. The fourth-order valence-corrected chi connectivity index (χ4v) is 3.28. The van der Waals surface area contributed by atoms with E-state index in [0.717, 1.165) is 5.56 Å². The van der Waals surface area contributed by atoms with Gasteiger partial charge in [-0.05, 0) is 31.9 Å². The summed E-state index contributed by atoms with van der Waals surface area (Å²) in [4.78, 5) is 12.2. The molecule has 1 heterocycles. The number of hydrogen-bond donors (Lipinski definition) is 1. The van der Waals surface area contributed by atoms with Gasteiger partial charge in [0, 0.05) is 6.54 Å². The second-order valence-electron chi connectivity index (χ2n) is 5.87. The van der Waals surface area contributed by atoms with Crippen molar-refractivity contribution >= 4 is 15.7 Å². The fraction of sp³-hybridized carbons (Fsp3) is 0.562. The van der Waals surface area contributed by atoms with Crippen LogP contribution in [0.2, 0.25) is 0 Å². The van der Waals surface area contributed by atoms with Gasteiger partial charge in [-0.1, -0.05) is 12.1 Å². The Balaban J connectivity index is 1.92. The van der Waals surface area contributed by atoms with Crippen molar-refractivity contribution < 1.29 is 22.7 Å². The molecule has 23 heavy (non-hydrogen) atoms.